The number of para-hydroxylation sites is 1. The molecule has 100 valence electrons. The van der Waals surface area contributed by atoms with Crippen molar-refractivity contribution in [2.24, 2.45) is 0 Å². The van der Waals surface area contributed by atoms with Crippen LogP contribution in [0.5, 0.6) is 5.75 Å². The molecule has 0 radical (unpaired) electrons. The maximum atomic E-state index is 5.74. The molecule has 2 rings (SSSR count). The highest BCUT2D eigenvalue weighted by atomic mass is 16.5. The van der Waals surface area contributed by atoms with Gasteiger partial charge in [0.05, 0.1) is 6.61 Å². The highest BCUT2D eigenvalue weighted by molar-refractivity contribution is 5.21. The standard InChI is InChI=1S/C16H20N2O/c1-2-18-16(14-7-6-11-17-13-14)10-12-19-15-8-4-3-5-9-15/h3-9,11,13,16,18H,2,10,12H2,1H3. The second kappa shape index (κ2) is 7.54. The molecular weight excluding hydrogens is 236 g/mol. The van der Waals surface area contributed by atoms with Crippen LogP contribution in [0, 0.1) is 0 Å². The van der Waals surface area contributed by atoms with Gasteiger partial charge >= 0.3 is 0 Å². The Morgan fingerprint density at radius 2 is 2.00 bits per heavy atom. The molecule has 1 aromatic heterocycles. The predicted molar refractivity (Wildman–Crippen MR) is 77.2 cm³/mol. The Balaban J connectivity index is 1.87. The number of hydrogen-bond donors (Lipinski definition) is 1. The molecule has 0 bridgehead atoms. The first-order chi connectivity index (χ1) is 9.40. The zero-order valence-corrected chi connectivity index (χ0v) is 11.3. The van der Waals surface area contributed by atoms with Gasteiger partial charge in [0.1, 0.15) is 5.75 Å². The van der Waals surface area contributed by atoms with Crippen molar-refractivity contribution in [3.05, 3.63) is 60.4 Å². The lowest BCUT2D eigenvalue weighted by molar-refractivity contribution is 0.287. The lowest BCUT2D eigenvalue weighted by Gasteiger charge is -2.18. The third-order valence-electron chi connectivity index (χ3n) is 2.96. The van der Waals surface area contributed by atoms with Crippen LogP contribution in [0.15, 0.2) is 54.9 Å². The van der Waals surface area contributed by atoms with E-state index in [4.69, 9.17) is 4.74 Å². The minimum Gasteiger partial charge on any atom is -0.494 e. The molecule has 0 aliphatic heterocycles. The average molecular weight is 256 g/mol. The van der Waals surface area contributed by atoms with Gasteiger partial charge in [-0.3, -0.25) is 4.98 Å². The Kier molecular flexibility index (Phi) is 5.38. The summed E-state index contributed by atoms with van der Waals surface area (Å²) in [5, 5.41) is 3.47. The van der Waals surface area contributed by atoms with Crippen LogP contribution in [0.4, 0.5) is 0 Å². The van der Waals surface area contributed by atoms with Gasteiger partial charge in [0.15, 0.2) is 0 Å². The molecule has 0 saturated carbocycles. The van der Waals surface area contributed by atoms with Crippen molar-refractivity contribution >= 4 is 0 Å². The molecule has 0 fully saturated rings. The van der Waals surface area contributed by atoms with Crippen molar-refractivity contribution in [1.29, 1.82) is 0 Å². The summed E-state index contributed by atoms with van der Waals surface area (Å²) in [7, 11) is 0. The first-order valence-corrected chi connectivity index (χ1v) is 6.71. The highest BCUT2D eigenvalue weighted by Gasteiger charge is 2.10. The van der Waals surface area contributed by atoms with Gasteiger partial charge in [0.2, 0.25) is 0 Å². The Labute approximate surface area is 114 Å². The molecule has 0 amide bonds. The number of nitrogens with one attached hydrogen (secondary N) is 1. The van der Waals surface area contributed by atoms with Gasteiger partial charge in [0.25, 0.3) is 0 Å². The molecule has 1 heterocycles. The summed E-state index contributed by atoms with van der Waals surface area (Å²) in [5.74, 6) is 0.920. The van der Waals surface area contributed by atoms with E-state index in [1.54, 1.807) is 6.20 Å². The first kappa shape index (κ1) is 13.6. The summed E-state index contributed by atoms with van der Waals surface area (Å²) in [6.07, 6.45) is 4.64. The van der Waals surface area contributed by atoms with Crippen LogP contribution in [0.1, 0.15) is 24.9 Å². The maximum Gasteiger partial charge on any atom is 0.119 e. The molecule has 0 saturated heterocycles. The Bertz CT molecular complexity index is 459. The van der Waals surface area contributed by atoms with Gasteiger partial charge < -0.3 is 10.1 Å². The van der Waals surface area contributed by atoms with Crippen LogP contribution in [0.2, 0.25) is 0 Å². The SMILES string of the molecule is CCNC(CCOc1ccccc1)c1cccnc1. The van der Waals surface area contributed by atoms with Crippen molar-refractivity contribution in [3.8, 4) is 5.75 Å². The number of rotatable bonds is 7. The largest absolute Gasteiger partial charge is 0.494 e. The van der Waals surface area contributed by atoms with Crippen LogP contribution < -0.4 is 10.1 Å². The van der Waals surface area contributed by atoms with Gasteiger partial charge in [-0.15, -0.1) is 0 Å². The Morgan fingerprint density at radius 3 is 2.68 bits per heavy atom. The quantitative estimate of drug-likeness (QED) is 0.826. The van der Waals surface area contributed by atoms with Crippen molar-refractivity contribution in [2.45, 2.75) is 19.4 Å². The Morgan fingerprint density at radius 1 is 1.16 bits per heavy atom. The fraction of sp³-hybridized carbons (Fsp3) is 0.312. The fourth-order valence-corrected chi connectivity index (χ4v) is 2.03. The van der Waals surface area contributed by atoms with E-state index < -0.39 is 0 Å². The molecule has 1 atom stereocenters. The topological polar surface area (TPSA) is 34.1 Å². The maximum absolute atomic E-state index is 5.74. The van der Waals surface area contributed by atoms with Crippen LogP contribution >= 0.6 is 0 Å². The third kappa shape index (κ3) is 4.38. The molecule has 1 N–H and O–H groups in total. The fourth-order valence-electron chi connectivity index (χ4n) is 2.03. The molecule has 1 unspecified atom stereocenters. The summed E-state index contributed by atoms with van der Waals surface area (Å²) in [5.41, 5.74) is 1.21. The second-order valence-corrected chi connectivity index (χ2v) is 4.35. The number of nitrogens with zero attached hydrogens (tertiary/aromatic N) is 1. The molecule has 2 aromatic rings. The van der Waals surface area contributed by atoms with E-state index in [2.05, 4.69) is 23.3 Å². The zero-order valence-electron chi connectivity index (χ0n) is 11.3. The van der Waals surface area contributed by atoms with Crippen LogP contribution in [-0.2, 0) is 0 Å². The van der Waals surface area contributed by atoms with Crippen molar-refractivity contribution < 1.29 is 4.74 Å². The summed E-state index contributed by atoms with van der Waals surface area (Å²) in [6, 6.07) is 14.3. The van der Waals surface area contributed by atoms with E-state index in [1.165, 1.54) is 5.56 Å². The summed E-state index contributed by atoms with van der Waals surface area (Å²) in [6.45, 7) is 3.74. The first-order valence-electron chi connectivity index (χ1n) is 6.71. The number of ether oxygens (including phenoxy) is 1. The lowest BCUT2D eigenvalue weighted by Crippen LogP contribution is -2.23. The van der Waals surface area contributed by atoms with Gasteiger partial charge in [-0.25, -0.2) is 0 Å². The van der Waals surface area contributed by atoms with Crippen molar-refractivity contribution in [2.75, 3.05) is 13.2 Å². The molecule has 3 heteroatoms. The number of pyridine rings is 1. The monoisotopic (exact) mass is 256 g/mol. The summed E-state index contributed by atoms with van der Waals surface area (Å²) in [4.78, 5) is 4.17. The van der Waals surface area contributed by atoms with Crippen LogP contribution in [-0.4, -0.2) is 18.1 Å². The van der Waals surface area contributed by atoms with Gasteiger partial charge in [-0.2, -0.15) is 0 Å². The molecule has 0 spiro atoms. The van der Waals surface area contributed by atoms with E-state index in [0.29, 0.717) is 12.6 Å². The van der Waals surface area contributed by atoms with Gasteiger partial charge in [-0.1, -0.05) is 31.2 Å². The molecular formula is C16H20N2O. The number of aromatic nitrogens is 1. The van der Waals surface area contributed by atoms with Crippen LogP contribution in [0.3, 0.4) is 0 Å². The predicted octanol–water partition coefficient (Wildman–Crippen LogP) is 3.20. The highest BCUT2D eigenvalue weighted by Crippen LogP contribution is 2.16. The van der Waals surface area contributed by atoms with E-state index in [1.807, 2.05) is 42.6 Å². The minimum atomic E-state index is 0.294. The average Bonchev–Trinajstić information content (AvgIpc) is 2.48. The molecule has 1 aromatic carbocycles. The molecule has 19 heavy (non-hydrogen) atoms. The van der Waals surface area contributed by atoms with Crippen LogP contribution in [0.25, 0.3) is 0 Å². The van der Waals surface area contributed by atoms with E-state index in [-0.39, 0.29) is 0 Å². The summed E-state index contributed by atoms with van der Waals surface area (Å²) >= 11 is 0. The van der Waals surface area contributed by atoms with Gasteiger partial charge in [-0.05, 0) is 30.3 Å². The van der Waals surface area contributed by atoms with Gasteiger partial charge in [0, 0.05) is 24.9 Å². The summed E-state index contributed by atoms with van der Waals surface area (Å²) < 4.78 is 5.74. The minimum absolute atomic E-state index is 0.294. The second-order valence-electron chi connectivity index (χ2n) is 4.35. The van der Waals surface area contributed by atoms with Crippen molar-refractivity contribution in [1.82, 2.24) is 10.3 Å². The number of benzene rings is 1. The van der Waals surface area contributed by atoms with Crippen molar-refractivity contribution in [3.63, 3.8) is 0 Å². The van der Waals surface area contributed by atoms with E-state index >= 15 is 0 Å². The molecule has 3 nitrogen and oxygen atoms in total. The zero-order chi connectivity index (χ0) is 13.3. The number of hydrogen-bond acceptors (Lipinski definition) is 3. The van der Waals surface area contributed by atoms with E-state index in [9.17, 15) is 0 Å². The third-order valence-corrected chi connectivity index (χ3v) is 2.96. The smallest absolute Gasteiger partial charge is 0.119 e. The normalized spacial score (nSPS) is 12.1. The van der Waals surface area contributed by atoms with E-state index in [0.717, 1.165) is 18.7 Å². The molecule has 0 aliphatic rings. The Hall–Kier alpha value is -1.87. The molecule has 0 aliphatic carbocycles. The lowest BCUT2D eigenvalue weighted by atomic mass is 10.1.